The first kappa shape index (κ1) is 22.4. The Kier molecular flexibility index (Phi) is 7.23. The zero-order valence-corrected chi connectivity index (χ0v) is 18.8. The number of hydrogen-bond acceptors (Lipinski definition) is 6. The standard InChI is InChI=1S/C22H30N2O5S/c1-23(2)30(25,26)21-10-7-19(8-11-21)29-14-13-24(18-5-6-18)16-17-15-20(27-3)9-12-22(17)28-4/h7-12,15,18H,5-6,13-14,16H2,1-4H3. The fourth-order valence-corrected chi connectivity index (χ4v) is 4.16. The molecule has 7 nitrogen and oxygen atoms in total. The van der Waals surface area contributed by atoms with Gasteiger partial charge in [0.05, 0.1) is 19.1 Å². The van der Waals surface area contributed by atoms with E-state index in [1.165, 1.54) is 31.2 Å². The number of methoxy groups -OCH3 is 2. The summed E-state index contributed by atoms with van der Waals surface area (Å²) < 4.78 is 42.3. The summed E-state index contributed by atoms with van der Waals surface area (Å²) in [5.41, 5.74) is 1.09. The minimum Gasteiger partial charge on any atom is -0.497 e. The molecule has 1 aliphatic rings. The summed E-state index contributed by atoms with van der Waals surface area (Å²) in [6.07, 6.45) is 2.37. The summed E-state index contributed by atoms with van der Waals surface area (Å²) in [6.45, 7) is 2.04. The van der Waals surface area contributed by atoms with Crippen LogP contribution >= 0.6 is 0 Å². The van der Waals surface area contributed by atoms with Gasteiger partial charge >= 0.3 is 0 Å². The monoisotopic (exact) mass is 434 g/mol. The van der Waals surface area contributed by atoms with Crippen LogP contribution in [0.5, 0.6) is 17.2 Å². The Hall–Kier alpha value is -2.29. The number of rotatable bonds is 11. The number of sulfonamides is 1. The molecular weight excluding hydrogens is 404 g/mol. The maximum atomic E-state index is 12.2. The molecule has 0 N–H and O–H groups in total. The predicted molar refractivity (Wildman–Crippen MR) is 116 cm³/mol. The lowest BCUT2D eigenvalue weighted by Crippen LogP contribution is -2.30. The van der Waals surface area contributed by atoms with E-state index in [1.54, 1.807) is 38.5 Å². The zero-order valence-electron chi connectivity index (χ0n) is 18.0. The van der Waals surface area contributed by atoms with Gasteiger partial charge in [0.25, 0.3) is 0 Å². The molecule has 0 atom stereocenters. The fraction of sp³-hybridized carbons (Fsp3) is 0.455. The molecule has 0 aromatic heterocycles. The molecule has 8 heteroatoms. The third-order valence-electron chi connectivity index (χ3n) is 5.17. The summed E-state index contributed by atoms with van der Waals surface area (Å²) >= 11 is 0. The Morgan fingerprint density at radius 1 is 0.967 bits per heavy atom. The van der Waals surface area contributed by atoms with Crippen LogP contribution in [0.2, 0.25) is 0 Å². The maximum Gasteiger partial charge on any atom is 0.242 e. The Morgan fingerprint density at radius 2 is 1.63 bits per heavy atom. The molecule has 1 saturated carbocycles. The van der Waals surface area contributed by atoms with Crippen molar-refractivity contribution in [2.45, 2.75) is 30.3 Å². The van der Waals surface area contributed by atoms with Gasteiger partial charge in [-0.05, 0) is 55.3 Å². The molecule has 0 amide bonds. The van der Waals surface area contributed by atoms with Gasteiger partial charge in [-0.1, -0.05) is 0 Å². The lowest BCUT2D eigenvalue weighted by Gasteiger charge is -2.23. The topological polar surface area (TPSA) is 68.3 Å². The van der Waals surface area contributed by atoms with E-state index in [2.05, 4.69) is 4.90 Å². The minimum atomic E-state index is -3.43. The number of nitrogens with zero attached hydrogens (tertiary/aromatic N) is 2. The van der Waals surface area contributed by atoms with Gasteiger partial charge in [-0.15, -0.1) is 0 Å². The molecule has 0 radical (unpaired) electrons. The van der Waals surface area contributed by atoms with E-state index in [4.69, 9.17) is 14.2 Å². The normalized spacial score (nSPS) is 14.2. The smallest absolute Gasteiger partial charge is 0.242 e. The Balaban J connectivity index is 1.60. The first-order valence-corrected chi connectivity index (χ1v) is 11.4. The van der Waals surface area contributed by atoms with Gasteiger partial charge in [0.1, 0.15) is 23.9 Å². The van der Waals surface area contributed by atoms with Crippen molar-refractivity contribution in [1.29, 1.82) is 0 Å². The van der Waals surface area contributed by atoms with Crippen molar-refractivity contribution in [3.63, 3.8) is 0 Å². The van der Waals surface area contributed by atoms with Gasteiger partial charge in [0.2, 0.25) is 10.0 Å². The summed E-state index contributed by atoms with van der Waals surface area (Å²) in [4.78, 5) is 2.65. The average Bonchev–Trinajstić information content (AvgIpc) is 3.58. The van der Waals surface area contributed by atoms with E-state index in [-0.39, 0.29) is 4.90 Å². The Morgan fingerprint density at radius 3 is 2.20 bits per heavy atom. The summed E-state index contributed by atoms with van der Waals surface area (Å²) in [5.74, 6) is 2.31. The molecule has 164 valence electrons. The SMILES string of the molecule is COc1ccc(OC)c(CN(CCOc2ccc(S(=O)(=O)N(C)C)cc2)C2CC2)c1. The van der Waals surface area contributed by atoms with E-state index in [9.17, 15) is 8.42 Å². The molecule has 2 aromatic rings. The van der Waals surface area contributed by atoms with Crippen LogP contribution in [0.4, 0.5) is 0 Å². The zero-order chi connectivity index (χ0) is 21.7. The highest BCUT2D eigenvalue weighted by atomic mass is 32.2. The number of hydrogen-bond donors (Lipinski definition) is 0. The van der Waals surface area contributed by atoms with Crippen LogP contribution in [0.15, 0.2) is 47.4 Å². The van der Waals surface area contributed by atoms with Crippen molar-refractivity contribution in [2.75, 3.05) is 41.5 Å². The van der Waals surface area contributed by atoms with E-state index >= 15 is 0 Å². The van der Waals surface area contributed by atoms with E-state index in [0.29, 0.717) is 18.4 Å². The lowest BCUT2D eigenvalue weighted by atomic mass is 10.1. The second-order valence-electron chi connectivity index (χ2n) is 7.49. The van der Waals surface area contributed by atoms with Crippen LogP contribution in [0.3, 0.4) is 0 Å². The van der Waals surface area contributed by atoms with E-state index in [0.717, 1.165) is 30.2 Å². The predicted octanol–water partition coefficient (Wildman–Crippen LogP) is 3.00. The van der Waals surface area contributed by atoms with Crippen LogP contribution < -0.4 is 14.2 Å². The van der Waals surface area contributed by atoms with Crippen molar-refractivity contribution >= 4 is 10.0 Å². The van der Waals surface area contributed by atoms with E-state index in [1.807, 2.05) is 18.2 Å². The summed E-state index contributed by atoms with van der Waals surface area (Å²) in [7, 11) is 2.94. The van der Waals surface area contributed by atoms with Crippen LogP contribution in [-0.4, -0.2) is 65.1 Å². The minimum absolute atomic E-state index is 0.254. The van der Waals surface area contributed by atoms with Crippen molar-refractivity contribution < 1.29 is 22.6 Å². The summed E-state index contributed by atoms with van der Waals surface area (Å²) in [6, 6.07) is 12.9. The highest BCUT2D eigenvalue weighted by molar-refractivity contribution is 7.89. The maximum absolute atomic E-state index is 12.2. The van der Waals surface area contributed by atoms with Crippen LogP contribution in [-0.2, 0) is 16.6 Å². The highest BCUT2D eigenvalue weighted by Crippen LogP contribution is 2.31. The molecule has 3 rings (SSSR count). The molecule has 0 aliphatic heterocycles. The lowest BCUT2D eigenvalue weighted by molar-refractivity contribution is 0.193. The molecule has 1 fully saturated rings. The Bertz CT molecular complexity index is 941. The van der Waals surface area contributed by atoms with Gasteiger partial charge in [-0.3, -0.25) is 4.90 Å². The van der Waals surface area contributed by atoms with Gasteiger partial charge in [-0.25, -0.2) is 12.7 Å². The van der Waals surface area contributed by atoms with Crippen molar-refractivity contribution in [2.24, 2.45) is 0 Å². The summed E-state index contributed by atoms with van der Waals surface area (Å²) in [5, 5.41) is 0. The van der Waals surface area contributed by atoms with Crippen LogP contribution in [0.25, 0.3) is 0 Å². The van der Waals surface area contributed by atoms with Crippen LogP contribution in [0.1, 0.15) is 18.4 Å². The van der Waals surface area contributed by atoms with Gasteiger partial charge in [0, 0.05) is 38.8 Å². The van der Waals surface area contributed by atoms with Crippen LogP contribution in [0, 0.1) is 0 Å². The molecule has 0 spiro atoms. The first-order chi connectivity index (χ1) is 14.3. The molecule has 2 aromatic carbocycles. The third-order valence-corrected chi connectivity index (χ3v) is 7.00. The second-order valence-corrected chi connectivity index (χ2v) is 9.64. The number of ether oxygens (including phenoxy) is 3. The molecule has 1 aliphatic carbocycles. The molecular formula is C22H30N2O5S. The van der Waals surface area contributed by atoms with Gasteiger partial charge in [0.15, 0.2) is 0 Å². The molecule has 30 heavy (non-hydrogen) atoms. The van der Waals surface area contributed by atoms with Gasteiger partial charge in [-0.2, -0.15) is 0 Å². The number of benzene rings is 2. The third kappa shape index (κ3) is 5.44. The molecule has 0 bridgehead atoms. The fourth-order valence-electron chi connectivity index (χ4n) is 3.25. The first-order valence-electron chi connectivity index (χ1n) is 9.95. The van der Waals surface area contributed by atoms with Crippen molar-refractivity contribution in [1.82, 2.24) is 9.21 Å². The average molecular weight is 435 g/mol. The largest absolute Gasteiger partial charge is 0.497 e. The second kappa shape index (κ2) is 9.68. The van der Waals surface area contributed by atoms with Crippen molar-refractivity contribution in [3.05, 3.63) is 48.0 Å². The molecule has 0 heterocycles. The van der Waals surface area contributed by atoms with Gasteiger partial charge < -0.3 is 14.2 Å². The molecule has 0 saturated heterocycles. The van der Waals surface area contributed by atoms with Crippen molar-refractivity contribution in [3.8, 4) is 17.2 Å². The highest BCUT2D eigenvalue weighted by Gasteiger charge is 2.29. The Labute approximate surface area is 179 Å². The molecule has 0 unspecified atom stereocenters. The van der Waals surface area contributed by atoms with E-state index < -0.39 is 10.0 Å². The quantitative estimate of drug-likeness (QED) is 0.542.